The highest BCUT2D eigenvalue weighted by Crippen LogP contribution is 2.56. The van der Waals surface area contributed by atoms with Crippen molar-refractivity contribution in [3.8, 4) is 0 Å². The van der Waals surface area contributed by atoms with Crippen molar-refractivity contribution >= 4 is 7.82 Å². The second-order valence-electron chi connectivity index (χ2n) is 7.03. The van der Waals surface area contributed by atoms with Crippen LogP contribution in [0.3, 0.4) is 0 Å². The molecule has 3 heterocycles. The van der Waals surface area contributed by atoms with Crippen molar-refractivity contribution in [2.75, 3.05) is 40.9 Å². The summed E-state index contributed by atoms with van der Waals surface area (Å²) >= 11 is 0. The number of nitrogens with zero attached hydrogens (tertiary/aromatic N) is 3. The molecule has 5 atom stereocenters. The van der Waals surface area contributed by atoms with Crippen LogP contribution in [0.15, 0.2) is 23.3 Å². The lowest BCUT2D eigenvalue weighted by molar-refractivity contribution is -0.870. The minimum atomic E-state index is -3.79. The van der Waals surface area contributed by atoms with E-state index in [9.17, 15) is 14.5 Å². The number of aliphatic hydroxyl groups is 1. The Morgan fingerprint density at radius 2 is 2.24 bits per heavy atom. The maximum atomic E-state index is 12.6. The predicted octanol–water partition coefficient (Wildman–Crippen LogP) is -0.252. The normalized spacial score (nSPS) is 35.5. The first-order valence-corrected chi connectivity index (χ1v) is 9.39. The van der Waals surface area contributed by atoms with Gasteiger partial charge in [0.2, 0.25) is 0 Å². The van der Waals surface area contributed by atoms with Crippen molar-refractivity contribution in [1.29, 1.82) is 0 Å². The molecule has 1 aromatic rings. The van der Waals surface area contributed by atoms with Crippen molar-refractivity contribution in [2.24, 2.45) is 0 Å². The lowest BCUT2D eigenvalue weighted by Crippen LogP contribution is -2.41. The fourth-order valence-corrected chi connectivity index (χ4v) is 4.00. The Kier molecular flexibility index (Phi) is 5.13. The molecule has 10 nitrogen and oxygen atoms in total. The van der Waals surface area contributed by atoms with Gasteiger partial charge < -0.3 is 14.3 Å². The van der Waals surface area contributed by atoms with Crippen LogP contribution >= 0.6 is 7.82 Å². The van der Waals surface area contributed by atoms with E-state index in [0.29, 0.717) is 11.0 Å². The minimum absolute atomic E-state index is 0.0606. The molecule has 2 aliphatic rings. The molecule has 2 saturated heterocycles. The fraction of sp³-hybridized carbons (Fsp3) is 0.714. The van der Waals surface area contributed by atoms with E-state index in [1.54, 1.807) is 6.07 Å². The standard InChI is InChI=1S/C14H23N3O7P/c1-17(2,3)7-8-21-25(20)22-9-10-12(24-25)11(18)13(23-10)16-6-4-5-15-14(16)19/h4-6,10-13,18H,7-9H2,1-3H3/q+1/t10-,11?,12-,13-,25?/m1/s1. The number of hydrogen-bond donors (Lipinski definition) is 1. The summed E-state index contributed by atoms with van der Waals surface area (Å²) in [5.41, 5.74) is -0.562. The van der Waals surface area contributed by atoms with E-state index in [1.165, 1.54) is 12.4 Å². The van der Waals surface area contributed by atoms with E-state index in [4.69, 9.17) is 18.3 Å². The molecule has 11 heteroatoms. The Labute approximate surface area is 145 Å². The van der Waals surface area contributed by atoms with Gasteiger partial charge in [-0.25, -0.2) is 14.3 Å². The monoisotopic (exact) mass is 376 g/mol. The first kappa shape index (κ1) is 18.7. The van der Waals surface area contributed by atoms with Crippen LogP contribution in [0.1, 0.15) is 6.23 Å². The number of phosphoric acid groups is 1. The molecule has 25 heavy (non-hydrogen) atoms. The van der Waals surface area contributed by atoms with E-state index in [0.717, 1.165) is 4.57 Å². The quantitative estimate of drug-likeness (QED) is 0.553. The number of phosphoric ester groups is 1. The Morgan fingerprint density at radius 3 is 2.92 bits per heavy atom. The molecule has 0 amide bonds. The number of fused-ring (bicyclic) bond motifs is 1. The highest BCUT2D eigenvalue weighted by molar-refractivity contribution is 7.48. The number of aromatic nitrogens is 2. The third kappa shape index (κ3) is 4.17. The van der Waals surface area contributed by atoms with E-state index in [1.807, 2.05) is 21.1 Å². The zero-order valence-corrected chi connectivity index (χ0v) is 15.2. The Morgan fingerprint density at radius 1 is 1.48 bits per heavy atom. The summed E-state index contributed by atoms with van der Waals surface area (Å²) in [4.78, 5) is 15.5. The number of quaternary nitrogens is 1. The van der Waals surface area contributed by atoms with Crippen molar-refractivity contribution in [3.05, 3.63) is 28.9 Å². The Hall–Kier alpha value is -1.13. The van der Waals surface area contributed by atoms with E-state index in [2.05, 4.69) is 4.98 Å². The molecule has 0 aliphatic carbocycles. The second kappa shape index (κ2) is 6.88. The van der Waals surface area contributed by atoms with E-state index < -0.39 is 38.1 Å². The third-order valence-corrected chi connectivity index (χ3v) is 5.45. The van der Waals surface area contributed by atoms with E-state index in [-0.39, 0.29) is 13.2 Å². The van der Waals surface area contributed by atoms with Crippen LogP contribution in [0.25, 0.3) is 0 Å². The molecule has 0 bridgehead atoms. The van der Waals surface area contributed by atoms with Gasteiger partial charge in [-0.1, -0.05) is 0 Å². The average molecular weight is 376 g/mol. The molecule has 2 aliphatic heterocycles. The zero-order valence-electron chi connectivity index (χ0n) is 14.3. The summed E-state index contributed by atoms with van der Waals surface area (Å²) in [6.45, 7) is 0.729. The van der Waals surface area contributed by atoms with Crippen molar-refractivity contribution in [3.63, 3.8) is 0 Å². The molecule has 0 saturated carbocycles. The first-order chi connectivity index (χ1) is 11.7. The van der Waals surface area contributed by atoms with Crippen LogP contribution in [-0.4, -0.2) is 78.4 Å². The predicted molar refractivity (Wildman–Crippen MR) is 85.7 cm³/mol. The molecule has 3 rings (SSSR count). The van der Waals surface area contributed by atoms with E-state index >= 15 is 0 Å². The largest absolute Gasteiger partial charge is 0.475 e. The highest BCUT2D eigenvalue weighted by atomic mass is 31.2. The lowest BCUT2D eigenvalue weighted by atomic mass is 10.1. The number of aliphatic hydroxyl groups excluding tert-OH is 1. The minimum Gasteiger partial charge on any atom is -0.386 e. The maximum Gasteiger partial charge on any atom is 0.475 e. The van der Waals surface area contributed by atoms with Crippen molar-refractivity contribution in [2.45, 2.75) is 24.5 Å². The second-order valence-corrected chi connectivity index (χ2v) is 8.65. The van der Waals surface area contributed by atoms with Crippen LogP contribution < -0.4 is 5.69 Å². The fourth-order valence-electron chi connectivity index (χ4n) is 2.61. The van der Waals surface area contributed by atoms with Gasteiger partial charge in [-0.15, -0.1) is 0 Å². The van der Waals surface area contributed by atoms with Crippen LogP contribution in [-0.2, 0) is 22.9 Å². The third-order valence-electron chi connectivity index (χ3n) is 3.98. The number of ether oxygens (including phenoxy) is 1. The molecule has 2 unspecified atom stereocenters. The van der Waals surface area contributed by atoms with Gasteiger partial charge in [0.1, 0.15) is 31.5 Å². The van der Waals surface area contributed by atoms with Gasteiger partial charge in [0.15, 0.2) is 6.23 Å². The smallest absolute Gasteiger partial charge is 0.386 e. The lowest BCUT2D eigenvalue weighted by Gasteiger charge is -2.31. The Bertz CT molecular complexity index is 719. The summed E-state index contributed by atoms with van der Waals surface area (Å²) in [5, 5.41) is 10.5. The molecule has 0 aromatic carbocycles. The topological polar surface area (TPSA) is 109 Å². The van der Waals surface area contributed by atoms with Gasteiger partial charge in [0, 0.05) is 12.4 Å². The highest BCUT2D eigenvalue weighted by Gasteiger charge is 2.53. The first-order valence-electron chi connectivity index (χ1n) is 7.93. The van der Waals surface area contributed by atoms with Gasteiger partial charge in [-0.2, -0.15) is 0 Å². The van der Waals surface area contributed by atoms with Gasteiger partial charge in [0.05, 0.1) is 27.7 Å². The SMILES string of the molecule is C[N+](C)(C)CCOP1(=O)OC[C@H]2O[C@@H](n3cccnc3=O)C(O)[C@@H]2O1. The summed E-state index contributed by atoms with van der Waals surface area (Å²) < 4.78 is 36.0. The van der Waals surface area contributed by atoms with Crippen LogP contribution in [0, 0.1) is 0 Å². The van der Waals surface area contributed by atoms with Gasteiger partial charge in [-0.3, -0.25) is 18.1 Å². The van der Waals surface area contributed by atoms with Gasteiger partial charge in [0.25, 0.3) is 0 Å². The number of rotatable bonds is 5. The van der Waals surface area contributed by atoms with Crippen molar-refractivity contribution in [1.82, 2.24) is 9.55 Å². The summed E-state index contributed by atoms with van der Waals surface area (Å²) in [5.74, 6) is 0. The molecule has 140 valence electrons. The molecule has 1 aromatic heterocycles. The number of hydrogen-bond acceptors (Lipinski definition) is 8. The van der Waals surface area contributed by atoms with Crippen LogP contribution in [0.5, 0.6) is 0 Å². The van der Waals surface area contributed by atoms with Gasteiger partial charge >= 0.3 is 13.5 Å². The molecule has 2 fully saturated rings. The zero-order chi connectivity index (χ0) is 18.2. The molecular weight excluding hydrogens is 353 g/mol. The summed E-state index contributed by atoms with van der Waals surface area (Å²) in [6.07, 6.45) is -0.956. The average Bonchev–Trinajstić information content (AvgIpc) is 2.83. The van der Waals surface area contributed by atoms with Gasteiger partial charge in [-0.05, 0) is 6.07 Å². The van der Waals surface area contributed by atoms with Crippen LogP contribution in [0.4, 0.5) is 0 Å². The molecule has 0 radical (unpaired) electrons. The molecule has 1 N–H and O–H groups in total. The Balaban J connectivity index is 1.68. The van der Waals surface area contributed by atoms with Crippen molar-refractivity contribution < 1.29 is 32.5 Å². The maximum absolute atomic E-state index is 12.6. The van der Waals surface area contributed by atoms with Crippen LogP contribution in [0.2, 0.25) is 0 Å². The molecule has 0 spiro atoms. The number of likely N-dealkylation sites (N-methyl/N-ethyl adjacent to an activating group) is 1. The summed E-state index contributed by atoms with van der Waals surface area (Å²) in [7, 11) is 2.13. The summed E-state index contributed by atoms with van der Waals surface area (Å²) in [6, 6.07) is 1.55. The molecular formula is C14H23N3O7P+.